The first kappa shape index (κ1) is 23.5. The van der Waals surface area contributed by atoms with E-state index in [1.54, 1.807) is 27.7 Å². The van der Waals surface area contributed by atoms with Gasteiger partial charge in [0.15, 0.2) is 0 Å². The van der Waals surface area contributed by atoms with Gasteiger partial charge in [0.1, 0.15) is 25.0 Å². The van der Waals surface area contributed by atoms with Gasteiger partial charge in [-0.05, 0) is 46.5 Å². The molecule has 0 aliphatic heterocycles. The quantitative estimate of drug-likeness (QED) is 0.189. The highest BCUT2D eigenvalue weighted by Crippen LogP contribution is 2.13. The molecule has 0 aromatic carbocycles. The zero-order valence-electron chi connectivity index (χ0n) is 17.0. The molecule has 158 valence electrons. The summed E-state index contributed by atoms with van der Waals surface area (Å²) in [5.41, 5.74) is 2.30. The van der Waals surface area contributed by atoms with Gasteiger partial charge in [-0.1, -0.05) is 15.3 Å². The van der Waals surface area contributed by atoms with Gasteiger partial charge < -0.3 is 25.8 Å². The van der Waals surface area contributed by atoms with Gasteiger partial charge in [0.25, 0.3) is 0 Å². The molecule has 1 unspecified atom stereocenters. The lowest BCUT2D eigenvalue weighted by Gasteiger charge is -2.31. The van der Waals surface area contributed by atoms with Gasteiger partial charge in [-0.3, -0.25) is 4.84 Å². The van der Waals surface area contributed by atoms with E-state index in [0.29, 0.717) is 11.4 Å². The van der Waals surface area contributed by atoms with Crippen molar-refractivity contribution < 1.29 is 20.2 Å². The number of hydrogen-bond donors (Lipinski definition) is 4. The number of oxime groups is 2. The van der Waals surface area contributed by atoms with Gasteiger partial charge in [-0.15, -0.1) is 0 Å². The minimum atomic E-state index is -0.772. The summed E-state index contributed by atoms with van der Waals surface area (Å²) in [6.07, 6.45) is 2.27. The molecule has 1 aromatic heterocycles. The van der Waals surface area contributed by atoms with E-state index >= 15 is 0 Å². The lowest BCUT2D eigenvalue weighted by Crippen LogP contribution is -2.53. The normalized spacial score (nSPS) is 14.9. The molecule has 1 aromatic rings. The molecule has 0 saturated carbocycles. The molecule has 0 amide bonds. The van der Waals surface area contributed by atoms with Crippen molar-refractivity contribution in [2.45, 2.75) is 65.3 Å². The number of rotatable bonds is 11. The molecule has 0 fully saturated rings. The van der Waals surface area contributed by atoms with Crippen molar-refractivity contribution in [2.24, 2.45) is 10.3 Å². The van der Waals surface area contributed by atoms with E-state index in [9.17, 15) is 10.1 Å². The van der Waals surface area contributed by atoms with E-state index < -0.39 is 22.1 Å². The lowest BCUT2D eigenvalue weighted by atomic mass is 9.99. The molecule has 12 heteroatoms. The summed E-state index contributed by atoms with van der Waals surface area (Å²) in [5, 5.41) is 38.7. The topological polar surface area (TPSA) is 159 Å². The molecule has 4 N–H and O–H groups in total. The van der Waals surface area contributed by atoms with Crippen LogP contribution in [-0.2, 0) is 11.4 Å². The molecule has 0 radical (unpaired) electrons. The molecule has 0 spiro atoms. The van der Waals surface area contributed by atoms with Gasteiger partial charge in [0.05, 0.1) is 22.5 Å². The third-order valence-electron chi connectivity index (χ3n) is 4.62. The monoisotopic (exact) mass is 399 g/mol. The predicted octanol–water partition coefficient (Wildman–Crippen LogP) is 1.53. The average molecular weight is 399 g/mol. The third-order valence-corrected chi connectivity index (χ3v) is 4.62. The summed E-state index contributed by atoms with van der Waals surface area (Å²) in [4.78, 5) is 20.0. The molecule has 1 atom stereocenters. The van der Waals surface area contributed by atoms with Crippen LogP contribution in [0.25, 0.3) is 0 Å². The van der Waals surface area contributed by atoms with Crippen molar-refractivity contribution in [1.29, 1.82) is 0 Å². The fourth-order valence-electron chi connectivity index (χ4n) is 2.03. The summed E-state index contributed by atoms with van der Waals surface area (Å²) < 4.78 is 1.37. The summed E-state index contributed by atoms with van der Waals surface area (Å²) in [6, 6.07) is 0. The minimum Gasteiger partial charge on any atom is -0.411 e. The van der Waals surface area contributed by atoms with E-state index in [-0.39, 0.29) is 19.0 Å². The smallest absolute Gasteiger partial charge is 0.411 e. The first-order valence-electron chi connectivity index (χ1n) is 8.66. The highest BCUT2D eigenvalue weighted by molar-refractivity contribution is 5.90. The number of hydroxylamine groups is 1. The van der Waals surface area contributed by atoms with Gasteiger partial charge in [-0.2, -0.15) is 5.48 Å². The molecule has 0 aliphatic rings. The predicted molar refractivity (Wildman–Crippen MR) is 103 cm³/mol. The van der Waals surface area contributed by atoms with Gasteiger partial charge in [-0.25, -0.2) is 4.57 Å². The number of nitro groups is 1. The highest BCUT2D eigenvalue weighted by atomic mass is 16.7. The van der Waals surface area contributed by atoms with Crippen molar-refractivity contribution in [3.05, 3.63) is 22.5 Å². The summed E-state index contributed by atoms with van der Waals surface area (Å²) in [7, 11) is 0. The van der Waals surface area contributed by atoms with Crippen molar-refractivity contribution in [1.82, 2.24) is 20.3 Å². The Kier molecular flexibility index (Phi) is 8.02. The van der Waals surface area contributed by atoms with E-state index in [4.69, 9.17) is 15.3 Å². The number of nitrogens with one attached hydrogen (secondary N) is 2. The fourth-order valence-corrected chi connectivity index (χ4v) is 2.03. The van der Waals surface area contributed by atoms with E-state index in [2.05, 4.69) is 26.1 Å². The molecule has 1 heterocycles. The van der Waals surface area contributed by atoms with Crippen LogP contribution in [0.1, 0.15) is 41.5 Å². The second kappa shape index (κ2) is 9.57. The molecular weight excluding hydrogens is 370 g/mol. The molecule has 0 aliphatic carbocycles. The molecular formula is C16H29N7O5. The van der Waals surface area contributed by atoms with Crippen molar-refractivity contribution in [2.75, 3.05) is 6.54 Å². The van der Waals surface area contributed by atoms with Crippen LogP contribution >= 0.6 is 0 Å². The van der Waals surface area contributed by atoms with Crippen molar-refractivity contribution in [3.63, 3.8) is 0 Å². The van der Waals surface area contributed by atoms with Crippen LogP contribution in [0.5, 0.6) is 0 Å². The Morgan fingerprint density at radius 3 is 2.39 bits per heavy atom. The highest BCUT2D eigenvalue weighted by Gasteiger charge is 2.28. The van der Waals surface area contributed by atoms with Crippen LogP contribution in [0.4, 0.5) is 5.95 Å². The third kappa shape index (κ3) is 6.25. The molecule has 0 saturated heterocycles. The van der Waals surface area contributed by atoms with Crippen LogP contribution < -0.4 is 10.8 Å². The van der Waals surface area contributed by atoms with Gasteiger partial charge >= 0.3 is 5.95 Å². The maximum absolute atomic E-state index is 11.1. The average Bonchev–Trinajstić information content (AvgIpc) is 3.10. The SMILES string of the molecule is CC(=NO)C(C)(C)NCC(Cn1ccnc1[N+](=O)[O-])ONC(C)(C)C(C)=NO. The van der Waals surface area contributed by atoms with Crippen molar-refractivity contribution >= 4 is 17.4 Å². The Morgan fingerprint density at radius 1 is 1.29 bits per heavy atom. The zero-order valence-corrected chi connectivity index (χ0v) is 17.0. The molecule has 0 bridgehead atoms. The lowest BCUT2D eigenvalue weighted by molar-refractivity contribution is -0.397. The van der Waals surface area contributed by atoms with E-state index in [1.807, 2.05) is 13.8 Å². The number of aromatic nitrogens is 2. The van der Waals surface area contributed by atoms with Crippen molar-refractivity contribution in [3.8, 4) is 0 Å². The summed E-state index contributed by atoms with van der Waals surface area (Å²) >= 11 is 0. The number of imidazole rings is 1. The van der Waals surface area contributed by atoms with Crippen LogP contribution in [0.3, 0.4) is 0 Å². The summed E-state index contributed by atoms with van der Waals surface area (Å²) in [6.45, 7) is 10.9. The second-order valence-electron chi connectivity index (χ2n) is 7.48. The Bertz CT molecular complexity index is 693. The molecule has 12 nitrogen and oxygen atoms in total. The van der Waals surface area contributed by atoms with Crippen LogP contribution in [-0.4, -0.2) is 60.0 Å². The van der Waals surface area contributed by atoms with Crippen LogP contribution in [0, 0.1) is 10.1 Å². The summed E-state index contributed by atoms with van der Waals surface area (Å²) in [5.74, 6) is -0.298. The Morgan fingerprint density at radius 2 is 1.86 bits per heavy atom. The van der Waals surface area contributed by atoms with Gasteiger partial charge in [0.2, 0.25) is 0 Å². The van der Waals surface area contributed by atoms with E-state index in [0.717, 1.165) is 0 Å². The first-order valence-corrected chi connectivity index (χ1v) is 8.66. The molecule has 1 rings (SSSR count). The Balaban J connectivity index is 2.96. The largest absolute Gasteiger partial charge is 0.434 e. The fraction of sp³-hybridized carbons (Fsp3) is 0.688. The van der Waals surface area contributed by atoms with Crippen LogP contribution in [0.2, 0.25) is 0 Å². The second-order valence-corrected chi connectivity index (χ2v) is 7.48. The van der Waals surface area contributed by atoms with Gasteiger partial charge in [0, 0.05) is 6.54 Å². The minimum absolute atomic E-state index is 0.132. The standard InChI is InChI=1S/C16H29N7O5/c1-11(19-24)15(3,4)18-9-13(28-21-16(5,6)12(2)20-25)10-22-8-7-17-14(22)23(26)27/h7-8,13,18,21,24-25H,9-10H2,1-6H3. The van der Waals surface area contributed by atoms with E-state index in [1.165, 1.54) is 17.0 Å². The Hall–Kier alpha value is -2.57. The maximum Gasteiger partial charge on any atom is 0.434 e. The Labute approximate surface area is 163 Å². The number of nitrogens with zero attached hydrogens (tertiary/aromatic N) is 5. The molecule has 28 heavy (non-hydrogen) atoms. The zero-order chi connectivity index (χ0) is 21.5. The van der Waals surface area contributed by atoms with Crippen LogP contribution in [0.15, 0.2) is 22.7 Å². The maximum atomic E-state index is 11.1. The first-order chi connectivity index (χ1) is 12.9. The number of hydrogen-bond acceptors (Lipinski definition) is 10.